The summed E-state index contributed by atoms with van der Waals surface area (Å²) in [7, 11) is -3.98. The third kappa shape index (κ3) is 3.75. The van der Waals surface area contributed by atoms with Crippen LogP contribution in [0.4, 0.5) is 5.69 Å². The van der Waals surface area contributed by atoms with Gasteiger partial charge < -0.3 is 5.11 Å². The van der Waals surface area contributed by atoms with Crippen molar-refractivity contribution in [2.75, 3.05) is 4.72 Å². The van der Waals surface area contributed by atoms with Crippen LogP contribution in [0, 0.1) is 0 Å². The zero-order chi connectivity index (χ0) is 15.6. The average molecular weight is 391 g/mol. The van der Waals surface area contributed by atoms with Gasteiger partial charge in [-0.1, -0.05) is 33.6 Å². The van der Waals surface area contributed by atoms with Gasteiger partial charge in [0.2, 0.25) is 0 Å². The first kappa shape index (κ1) is 15.8. The highest BCUT2D eigenvalue weighted by Crippen LogP contribution is 2.26. The highest BCUT2D eigenvalue weighted by Gasteiger charge is 2.20. The largest absolute Gasteiger partial charge is 0.478 e. The molecule has 0 saturated heterocycles. The molecule has 0 aliphatic rings. The molecule has 0 spiro atoms. The lowest BCUT2D eigenvalue weighted by molar-refractivity contribution is 0.0696. The third-order valence-corrected chi connectivity index (χ3v) is 4.90. The molecule has 2 N–H and O–H groups in total. The molecule has 110 valence electrons. The number of hydrogen-bond donors (Lipinski definition) is 2. The van der Waals surface area contributed by atoms with Crippen molar-refractivity contribution >= 4 is 49.2 Å². The van der Waals surface area contributed by atoms with Gasteiger partial charge in [-0.2, -0.15) is 0 Å². The molecule has 0 radical (unpaired) electrons. The van der Waals surface area contributed by atoms with Crippen LogP contribution in [0.2, 0.25) is 5.02 Å². The van der Waals surface area contributed by atoms with E-state index in [0.717, 1.165) is 6.07 Å². The number of nitrogens with one attached hydrogen (secondary N) is 1. The maximum absolute atomic E-state index is 12.3. The summed E-state index contributed by atoms with van der Waals surface area (Å²) >= 11 is 9.09. The first-order valence-corrected chi connectivity index (χ1v) is 8.26. The summed E-state index contributed by atoms with van der Waals surface area (Å²) in [5.41, 5.74) is 0.176. The van der Waals surface area contributed by atoms with Gasteiger partial charge in [0.05, 0.1) is 10.6 Å². The highest BCUT2D eigenvalue weighted by molar-refractivity contribution is 9.10. The Morgan fingerprint density at radius 3 is 2.52 bits per heavy atom. The van der Waals surface area contributed by atoms with Crippen LogP contribution >= 0.6 is 27.5 Å². The highest BCUT2D eigenvalue weighted by atomic mass is 79.9. The van der Waals surface area contributed by atoms with Crippen LogP contribution in [0.25, 0.3) is 0 Å². The molecule has 0 unspecified atom stereocenters. The van der Waals surface area contributed by atoms with Crippen molar-refractivity contribution < 1.29 is 18.3 Å². The Morgan fingerprint density at radius 2 is 1.90 bits per heavy atom. The number of hydrogen-bond acceptors (Lipinski definition) is 3. The Kier molecular flexibility index (Phi) is 4.55. The Hall–Kier alpha value is -1.57. The van der Waals surface area contributed by atoms with Crippen molar-refractivity contribution in [2.45, 2.75) is 4.90 Å². The summed E-state index contributed by atoms with van der Waals surface area (Å²) in [5.74, 6) is -1.23. The van der Waals surface area contributed by atoms with Crippen molar-refractivity contribution in [3.63, 3.8) is 0 Å². The van der Waals surface area contributed by atoms with Crippen LogP contribution in [0.3, 0.4) is 0 Å². The minimum absolute atomic E-state index is 0.0532. The number of sulfonamides is 1. The molecule has 2 rings (SSSR count). The van der Waals surface area contributed by atoms with Crippen molar-refractivity contribution in [3.05, 3.63) is 57.5 Å². The molecular weight excluding hydrogens is 382 g/mol. The summed E-state index contributed by atoms with van der Waals surface area (Å²) in [6.07, 6.45) is 0. The maximum atomic E-state index is 12.3. The predicted octanol–water partition coefficient (Wildman–Crippen LogP) is 3.60. The number of rotatable bonds is 4. The molecule has 0 aromatic heterocycles. The maximum Gasteiger partial charge on any atom is 0.335 e. The molecule has 0 atom stereocenters. The molecule has 5 nitrogen and oxygen atoms in total. The average Bonchev–Trinajstić information content (AvgIpc) is 2.38. The smallest absolute Gasteiger partial charge is 0.335 e. The lowest BCUT2D eigenvalue weighted by Crippen LogP contribution is -2.14. The molecule has 0 bridgehead atoms. The van der Waals surface area contributed by atoms with Gasteiger partial charge in [0.1, 0.15) is 4.90 Å². The molecule has 2 aromatic rings. The third-order valence-electron chi connectivity index (χ3n) is 2.54. The van der Waals surface area contributed by atoms with Crippen LogP contribution < -0.4 is 4.72 Å². The van der Waals surface area contributed by atoms with E-state index in [1.807, 2.05) is 0 Å². The first-order chi connectivity index (χ1) is 9.79. The van der Waals surface area contributed by atoms with Crippen LogP contribution in [0.5, 0.6) is 0 Å². The second-order valence-corrected chi connectivity index (χ2v) is 7.04. The Morgan fingerprint density at radius 1 is 1.19 bits per heavy atom. The number of carbonyl (C=O) groups is 1. The van der Waals surface area contributed by atoms with E-state index in [-0.39, 0.29) is 15.5 Å². The number of carboxylic acid groups (broad SMARTS) is 1. The molecular formula is C13H9BrClNO4S. The van der Waals surface area contributed by atoms with Crippen molar-refractivity contribution in [1.29, 1.82) is 0 Å². The SMILES string of the molecule is O=C(O)c1ccc(Cl)c(S(=O)(=O)Nc2cccc(Br)c2)c1. The Balaban J connectivity index is 2.44. The minimum atomic E-state index is -3.98. The molecule has 21 heavy (non-hydrogen) atoms. The standard InChI is InChI=1S/C13H9BrClNO4S/c14-9-2-1-3-10(7-9)16-21(19,20)12-6-8(13(17)18)4-5-11(12)15/h1-7,16H,(H,17,18). The number of anilines is 1. The van der Waals surface area contributed by atoms with Crippen LogP contribution in [0.15, 0.2) is 51.8 Å². The minimum Gasteiger partial charge on any atom is -0.478 e. The fraction of sp³-hybridized carbons (Fsp3) is 0. The molecule has 0 saturated carbocycles. The van der Waals surface area contributed by atoms with Crippen LogP contribution in [-0.2, 0) is 10.0 Å². The molecule has 0 heterocycles. The van der Waals surface area contributed by atoms with Gasteiger partial charge in [0.25, 0.3) is 10.0 Å². The van der Waals surface area contributed by atoms with Gasteiger partial charge in [0, 0.05) is 10.2 Å². The fourth-order valence-electron chi connectivity index (χ4n) is 1.60. The first-order valence-electron chi connectivity index (χ1n) is 5.61. The number of halogens is 2. The van der Waals surface area contributed by atoms with Crippen molar-refractivity contribution in [2.24, 2.45) is 0 Å². The molecule has 0 amide bonds. The van der Waals surface area contributed by atoms with E-state index in [1.165, 1.54) is 12.1 Å². The summed E-state index contributed by atoms with van der Waals surface area (Å²) in [5, 5.41) is 8.87. The van der Waals surface area contributed by atoms with E-state index < -0.39 is 16.0 Å². The van der Waals surface area contributed by atoms with E-state index in [0.29, 0.717) is 10.2 Å². The summed E-state index contributed by atoms with van der Waals surface area (Å²) in [6.45, 7) is 0. The Bertz CT molecular complexity index is 808. The molecule has 0 aliphatic carbocycles. The molecule has 2 aromatic carbocycles. The van der Waals surface area contributed by atoms with Gasteiger partial charge in [0.15, 0.2) is 0 Å². The van der Waals surface area contributed by atoms with E-state index in [4.69, 9.17) is 16.7 Å². The second kappa shape index (κ2) is 6.05. The van der Waals surface area contributed by atoms with E-state index >= 15 is 0 Å². The monoisotopic (exact) mass is 389 g/mol. The van der Waals surface area contributed by atoms with Gasteiger partial charge >= 0.3 is 5.97 Å². The van der Waals surface area contributed by atoms with Gasteiger partial charge in [-0.25, -0.2) is 13.2 Å². The lowest BCUT2D eigenvalue weighted by atomic mass is 10.2. The van der Waals surface area contributed by atoms with Gasteiger partial charge in [-0.05, 0) is 36.4 Å². The van der Waals surface area contributed by atoms with Gasteiger partial charge in [-0.3, -0.25) is 4.72 Å². The topological polar surface area (TPSA) is 83.5 Å². The van der Waals surface area contributed by atoms with Crippen molar-refractivity contribution in [3.8, 4) is 0 Å². The van der Waals surface area contributed by atoms with Crippen LogP contribution in [-0.4, -0.2) is 19.5 Å². The summed E-state index contributed by atoms with van der Waals surface area (Å²) < 4.78 is 27.7. The Labute approximate surface area is 134 Å². The molecule has 0 fully saturated rings. The van der Waals surface area contributed by atoms with Gasteiger partial charge in [-0.15, -0.1) is 0 Å². The number of carboxylic acids is 1. The summed E-state index contributed by atoms with van der Waals surface area (Å²) in [6, 6.07) is 10.0. The normalized spacial score (nSPS) is 11.1. The molecule has 0 aliphatic heterocycles. The summed E-state index contributed by atoms with van der Waals surface area (Å²) in [4.78, 5) is 10.6. The zero-order valence-electron chi connectivity index (χ0n) is 10.4. The predicted molar refractivity (Wildman–Crippen MR) is 83.4 cm³/mol. The molecule has 8 heteroatoms. The fourth-order valence-corrected chi connectivity index (χ4v) is 3.58. The quantitative estimate of drug-likeness (QED) is 0.835. The van der Waals surface area contributed by atoms with Crippen LogP contribution in [0.1, 0.15) is 10.4 Å². The lowest BCUT2D eigenvalue weighted by Gasteiger charge is -2.10. The van der Waals surface area contributed by atoms with E-state index in [9.17, 15) is 13.2 Å². The number of benzene rings is 2. The van der Waals surface area contributed by atoms with Crippen molar-refractivity contribution in [1.82, 2.24) is 0 Å². The number of aromatic carboxylic acids is 1. The zero-order valence-corrected chi connectivity index (χ0v) is 13.5. The second-order valence-electron chi connectivity index (χ2n) is 4.07. The van der Waals surface area contributed by atoms with E-state index in [2.05, 4.69) is 20.7 Å². The van der Waals surface area contributed by atoms with E-state index in [1.54, 1.807) is 24.3 Å².